The third-order valence-corrected chi connectivity index (χ3v) is 4.83. The Morgan fingerprint density at radius 3 is 2.70 bits per heavy atom. The van der Waals surface area contributed by atoms with Gasteiger partial charge in [-0.25, -0.2) is 0 Å². The number of rotatable bonds is 5. The highest BCUT2D eigenvalue weighted by Gasteiger charge is 2.38. The molecule has 23 heavy (non-hydrogen) atoms. The fraction of sp³-hybridized carbons (Fsp3) is 0.417. The molecule has 0 N–H and O–H groups in total. The largest absolute Gasteiger partial charge is 0.496 e. The van der Waals surface area contributed by atoms with Gasteiger partial charge in [-0.3, -0.25) is 14.9 Å². The van der Waals surface area contributed by atoms with Gasteiger partial charge in [0.1, 0.15) is 11.4 Å². The van der Waals surface area contributed by atoms with E-state index in [2.05, 4.69) is 15.9 Å². The number of carbonyl (C=O) groups excluding carboxylic acids is 1. The van der Waals surface area contributed by atoms with Gasteiger partial charge in [-0.2, -0.15) is 8.42 Å². The summed E-state index contributed by atoms with van der Waals surface area (Å²) in [5.74, 6) is -1.84. The van der Waals surface area contributed by atoms with E-state index in [1.807, 2.05) is 0 Å². The quantitative estimate of drug-likeness (QED) is 0.417. The Hall–Kier alpha value is -1.75. The smallest absolute Gasteiger partial charge is 0.302 e. The molecule has 1 atom stereocenters. The highest BCUT2D eigenvalue weighted by molar-refractivity contribution is 9.10. The third kappa shape index (κ3) is 3.96. The number of halogens is 2. The Morgan fingerprint density at radius 2 is 2.17 bits per heavy atom. The van der Waals surface area contributed by atoms with Gasteiger partial charge in [-0.05, 0) is 22.0 Å². The zero-order chi connectivity index (χ0) is 17.4. The Balaban J connectivity index is 2.42. The maximum Gasteiger partial charge on any atom is 0.302 e. The van der Waals surface area contributed by atoms with Crippen LogP contribution in [0.4, 0.5) is 15.3 Å². The second-order valence-electron chi connectivity index (χ2n) is 5.01. The second-order valence-corrected chi connectivity index (χ2v) is 7.28. The maximum absolute atomic E-state index is 12.8. The van der Waals surface area contributed by atoms with Crippen molar-refractivity contribution in [3.63, 3.8) is 0 Å². The van der Waals surface area contributed by atoms with Crippen LogP contribution in [-0.2, 0) is 15.0 Å². The van der Waals surface area contributed by atoms with Crippen LogP contribution in [0.25, 0.3) is 0 Å². The van der Waals surface area contributed by atoms with E-state index in [1.165, 1.54) is 13.2 Å². The number of nitro benzene ring substituents is 1. The highest BCUT2D eigenvalue weighted by atomic mass is 79.9. The monoisotopic (exact) mass is 410 g/mol. The number of nitro groups is 1. The zero-order valence-electron chi connectivity index (χ0n) is 11.9. The number of hydrogen-bond acceptors (Lipinski definition) is 6. The molecule has 1 unspecified atom stereocenters. The Morgan fingerprint density at radius 1 is 1.52 bits per heavy atom. The average Bonchev–Trinajstić information content (AvgIpc) is 2.75. The van der Waals surface area contributed by atoms with Crippen LogP contribution in [0.5, 0.6) is 5.75 Å². The SMILES string of the molecule is COc1cc(Br)c(N2CC(CS(=O)(=O)F)CC2=O)c([N+](=O)[O-])c1. The summed E-state index contributed by atoms with van der Waals surface area (Å²) in [5.41, 5.74) is -0.368. The van der Waals surface area contributed by atoms with Crippen LogP contribution in [0.1, 0.15) is 6.42 Å². The number of hydrogen-bond donors (Lipinski definition) is 0. The lowest BCUT2D eigenvalue weighted by Gasteiger charge is -2.18. The van der Waals surface area contributed by atoms with Crippen LogP contribution in [0, 0.1) is 16.0 Å². The van der Waals surface area contributed by atoms with E-state index in [1.54, 1.807) is 0 Å². The summed E-state index contributed by atoms with van der Waals surface area (Å²) in [6, 6.07) is 2.61. The first-order valence-electron chi connectivity index (χ1n) is 6.37. The molecule has 0 aromatic heterocycles. The molecule has 1 aromatic rings. The van der Waals surface area contributed by atoms with Gasteiger partial charge in [-0.15, -0.1) is 3.89 Å². The van der Waals surface area contributed by atoms with E-state index < -0.39 is 32.7 Å². The van der Waals surface area contributed by atoms with Crippen molar-refractivity contribution in [2.75, 3.05) is 24.3 Å². The van der Waals surface area contributed by atoms with Crippen LogP contribution in [-0.4, -0.2) is 38.7 Å². The number of ether oxygens (including phenoxy) is 1. The summed E-state index contributed by atoms with van der Waals surface area (Å²) in [6.45, 7) is -0.117. The van der Waals surface area contributed by atoms with Crippen molar-refractivity contribution in [1.29, 1.82) is 0 Å². The van der Waals surface area contributed by atoms with Crippen LogP contribution < -0.4 is 9.64 Å². The Kier molecular flexibility index (Phi) is 4.90. The summed E-state index contributed by atoms with van der Waals surface area (Å²) in [4.78, 5) is 23.8. The molecular formula is C12H12BrFN2O6S. The number of anilines is 1. The van der Waals surface area contributed by atoms with E-state index in [-0.39, 0.29) is 34.6 Å². The van der Waals surface area contributed by atoms with Gasteiger partial charge >= 0.3 is 10.2 Å². The van der Waals surface area contributed by atoms with Gasteiger partial charge in [0.2, 0.25) is 5.91 Å². The minimum atomic E-state index is -4.73. The molecule has 0 aliphatic carbocycles. The molecule has 1 heterocycles. The zero-order valence-corrected chi connectivity index (χ0v) is 14.3. The molecule has 0 bridgehead atoms. The van der Waals surface area contributed by atoms with Crippen molar-refractivity contribution in [1.82, 2.24) is 0 Å². The Labute approximate surface area is 139 Å². The van der Waals surface area contributed by atoms with E-state index >= 15 is 0 Å². The predicted octanol–water partition coefficient (Wildman–Crippen LogP) is 2.02. The van der Waals surface area contributed by atoms with Gasteiger partial charge in [0.15, 0.2) is 0 Å². The van der Waals surface area contributed by atoms with Crippen molar-refractivity contribution in [3.8, 4) is 5.75 Å². The maximum atomic E-state index is 12.8. The van der Waals surface area contributed by atoms with E-state index in [0.717, 1.165) is 11.0 Å². The standard InChI is InChI=1S/C12H12BrFN2O6S/c1-22-8-3-9(13)12(10(4-8)16(18)19)15-5-7(2-11(15)17)6-23(14,20)21/h3-4,7H,2,5-6H2,1H3. The molecule has 2 rings (SSSR count). The third-order valence-electron chi connectivity index (χ3n) is 3.36. The van der Waals surface area contributed by atoms with Crippen LogP contribution >= 0.6 is 15.9 Å². The predicted molar refractivity (Wildman–Crippen MR) is 82.7 cm³/mol. The molecule has 126 valence electrons. The first-order chi connectivity index (χ1) is 10.6. The molecule has 0 radical (unpaired) electrons. The molecule has 1 aliphatic rings. The molecule has 0 spiro atoms. The van der Waals surface area contributed by atoms with Crippen LogP contribution in [0.15, 0.2) is 16.6 Å². The lowest BCUT2D eigenvalue weighted by molar-refractivity contribution is -0.384. The van der Waals surface area contributed by atoms with Gasteiger partial charge in [0.05, 0.1) is 28.3 Å². The fourth-order valence-corrected chi connectivity index (χ4v) is 3.90. The lowest BCUT2D eigenvalue weighted by Crippen LogP contribution is -2.26. The first-order valence-corrected chi connectivity index (χ1v) is 8.71. The van der Waals surface area contributed by atoms with Gasteiger partial charge in [0.25, 0.3) is 5.69 Å². The lowest BCUT2D eigenvalue weighted by atomic mass is 10.1. The van der Waals surface area contributed by atoms with E-state index in [0.29, 0.717) is 0 Å². The minimum Gasteiger partial charge on any atom is -0.496 e. The highest BCUT2D eigenvalue weighted by Crippen LogP contribution is 2.42. The molecule has 0 saturated carbocycles. The number of carbonyl (C=O) groups is 1. The van der Waals surface area contributed by atoms with Crippen molar-refractivity contribution in [2.24, 2.45) is 5.92 Å². The van der Waals surface area contributed by atoms with E-state index in [4.69, 9.17) is 4.74 Å². The number of methoxy groups -OCH3 is 1. The average molecular weight is 411 g/mol. The van der Waals surface area contributed by atoms with Gasteiger partial charge in [-0.1, -0.05) is 0 Å². The second kappa shape index (κ2) is 6.40. The van der Waals surface area contributed by atoms with E-state index in [9.17, 15) is 27.2 Å². The Bertz CT molecular complexity index is 769. The van der Waals surface area contributed by atoms with Crippen molar-refractivity contribution in [2.45, 2.75) is 6.42 Å². The first kappa shape index (κ1) is 17.6. The number of amides is 1. The van der Waals surface area contributed by atoms with Gasteiger partial charge in [0, 0.05) is 18.9 Å². The number of nitrogens with zero attached hydrogens (tertiary/aromatic N) is 2. The van der Waals surface area contributed by atoms with Crippen LogP contribution in [0.3, 0.4) is 0 Å². The molecule has 1 amide bonds. The molecular weight excluding hydrogens is 399 g/mol. The minimum absolute atomic E-state index is 0.000411. The molecule has 11 heteroatoms. The summed E-state index contributed by atoms with van der Waals surface area (Å²) in [5, 5.41) is 11.3. The van der Waals surface area contributed by atoms with Crippen molar-refractivity contribution < 1.29 is 26.8 Å². The molecule has 1 fully saturated rings. The summed E-state index contributed by atoms with van der Waals surface area (Å²) >= 11 is 3.16. The van der Waals surface area contributed by atoms with Crippen molar-refractivity contribution >= 4 is 43.4 Å². The molecule has 1 aromatic carbocycles. The topological polar surface area (TPSA) is 107 Å². The normalized spacial score (nSPS) is 18.3. The van der Waals surface area contributed by atoms with Gasteiger partial charge < -0.3 is 9.64 Å². The summed E-state index contributed by atoms with van der Waals surface area (Å²) in [7, 11) is -3.39. The van der Waals surface area contributed by atoms with Crippen molar-refractivity contribution in [3.05, 3.63) is 26.7 Å². The number of benzene rings is 1. The molecule has 1 saturated heterocycles. The summed E-state index contributed by atoms with van der Waals surface area (Å²) < 4.78 is 39.5. The molecule has 8 nitrogen and oxygen atoms in total. The molecule has 1 aliphatic heterocycles. The fourth-order valence-electron chi connectivity index (χ4n) is 2.48. The summed E-state index contributed by atoms with van der Waals surface area (Å²) in [6.07, 6.45) is -0.196. The van der Waals surface area contributed by atoms with Crippen LogP contribution in [0.2, 0.25) is 0 Å².